The molecule has 17 heavy (non-hydrogen) atoms. The second-order valence-electron chi connectivity index (χ2n) is 3.61. The van der Waals surface area contributed by atoms with E-state index in [1.165, 1.54) is 0 Å². The standard InChI is InChI=1S/C12H15N3OS/c16-7-3-5-13-8-10-9-17-12(15-10)11-4-1-2-6-14-11/h1-2,4,6,9,13,16H,3,5,7-8H2. The van der Waals surface area contributed by atoms with E-state index in [-0.39, 0.29) is 6.61 Å². The van der Waals surface area contributed by atoms with Gasteiger partial charge in [-0.05, 0) is 25.1 Å². The molecule has 2 aromatic rings. The number of aromatic nitrogens is 2. The van der Waals surface area contributed by atoms with Crippen LogP contribution in [0.2, 0.25) is 0 Å². The Morgan fingerprint density at radius 2 is 2.29 bits per heavy atom. The number of hydrogen-bond acceptors (Lipinski definition) is 5. The molecular weight excluding hydrogens is 234 g/mol. The van der Waals surface area contributed by atoms with Gasteiger partial charge in [-0.1, -0.05) is 6.07 Å². The molecule has 0 bridgehead atoms. The van der Waals surface area contributed by atoms with E-state index in [1.807, 2.05) is 23.6 Å². The molecule has 0 saturated heterocycles. The van der Waals surface area contributed by atoms with Crippen molar-refractivity contribution in [1.82, 2.24) is 15.3 Å². The van der Waals surface area contributed by atoms with Gasteiger partial charge in [0.1, 0.15) is 5.01 Å². The van der Waals surface area contributed by atoms with E-state index in [9.17, 15) is 0 Å². The van der Waals surface area contributed by atoms with Crippen LogP contribution >= 0.6 is 11.3 Å². The number of aliphatic hydroxyl groups is 1. The minimum Gasteiger partial charge on any atom is -0.396 e. The fraction of sp³-hybridized carbons (Fsp3) is 0.333. The smallest absolute Gasteiger partial charge is 0.142 e. The zero-order valence-corrected chi connectivity index (χ0v) is 10.3. The van der Waals surface area contributed by atoms with Crippen molar-refractivity contribution in [3.63, 3.8) is 0 Å². The van der Waals surface area contributed by atoms with E-state index in [0.717, 1.165) is 35.9 Å². The van der Waals surface area contributed by atoms with Crippen LogP contribution in [0.3, 0.4) is 0 Å². The van der Waals surface area contributed by atoms with E-state index in [0.29, 0.717) is 0 Å². The van der Waals surface area contributed by atoms with Crippen molar-refractivity contribution in [2.75, 3.05) is 13.2 Å². The Hall–Kier alpha value is -1.30. The number of rotatable bonds is 6. The van der Waals surface area contributed by atoms with Crippen LogP contribution in [0.5, 0.6) is 0 Å². The minimum atomic E-state index is 0.225. The van der Waals surface area contributed by atoms with Crippen molar-refractivity contribution in [1.29, 1.82) is 0 Å². The highest BCUT2D eigenvalue weighted by Crippen LogP contribution is 2.20. The van der Waals surface area contributed by atoms with Crippen LogP contribution < -0.4 is 5.32 Å². The molecule has 2 N–H and O–H groups in total. The van der Waals surface area contributed by atoms with E-state index < -0.39 is 0 Å². The Balaban J connectivity index is 1.92. The van der Waals surface area contributed by atoms with Gasteiger partial charge >= 0.3 is 0 Å². The molecule has 0 aliphatic carbocycles. The molecule has 0 amide bonds. The highest BCUT2D eigenvalue weighted by Gasteiger charge is 2.04. The van der Waals surface area contributed by atoms with Crippen LogP contribution in [0, 0.1) is 0 Å². The summed E-state index contributed by atoms with van der Waals surface area (Å²) >= 11 is 1.60. The predicted octanol–water partition coefficient (Wildman–Crippen LogP) is 1.68. The fourth-order valence-electron chi connectivity index (χ4n) is 1.42. The van der Waals surface area contributed by atoms with Gasteiger partial charge < -0.3 is 10.4 Å². The molecule has 0 unspecified atom stereocenters. The molecule has 5 heteroatoms. The Labute approximate surface area is 104 Å². The average molecular weight is 249 g/mol. The van der Waals surface area contributed by atoms with Crippen molar-refractivity contribution >= 4 is 11.3 Å². The maximum absolute atomic E-state index is 8.65. The number of nitrogens with one attached hydrogen (secondary N) is 1. The average Bonchev–Trinajstić information content (AvgIpc) is 2.85. The van der Waals surface area contributed by atoms with Crippen molar-refractivity contribution in [2.45, 2.75) is 13.0 Å². The first-order chi connectivity index (χ1) is 8.40. The first kappa shape index (κ1) is 12.2. The second-order valence-corrected chi connectivity index (χ2v) is 4.47. The summed E-state index contributed by atoms with van der Waals surface area (Å²) in [6.45, 7) is 1.78. The van der Waals surface area contributed by atoms with Crippen LogP contribution in [0.15, 0.2) is 29.8 Å². The largest absolute Gasteiger partial charge is 0.396 e. The zero-order valence-electron chi connectivity index (χ0n) is 9.47. The lowest BCUT2D eigenvalue weighted by Gasteiger charge is -1.99. The molecule has 4 nitrogen and oxygen atoms in total. The third kappa shape index (κ3) is 3.59. The van der Waals surface area contributed by atoms with Crippen LogP contribution in [-0.4, -0.2) is 28.2 Å². The summed E-state index contributed by atoms with van der Waals surface area (Å²) in [5, 5.41) is 14.9. The van der Waals surface area contributed by atoms with Crippen molar-refractivity contribution < 1.29 is 5.11 Å². The van der Waals surface area contributed by atoms with Gasteiger partial charge in [-0.2, -0.15) is 0 Å². The molecule has 0 aliphatic heterocycles. The van der Waals surface area contributed by atoms with E-state index >= 15 is 0 Å². The van der Waals surface area contributed by atoms with Gasteiger partial charge in [0.15, 0.2) is 0 Å². The SMILES string of the molecule is OCCCNCc1csc(-c2ccccn2)n1. The first-order valence-electron chi connectivity index (χ1n) is 5.57. The van der Waals surface area contributed by atoms with Gasteiger partial charge in [0.25, 0.3) is 0 Å². The molecular formula is C12H15N3OS. The van der Waals surface area contributed by atoms with E-state index in [4.69, 9.17) is 5.11 Å². The number of thiazole rings is 1. The molecule has 0 saturated carbocycles. The lowest BCUT2D eigenvalue weighted by Crippen LogP contribution is -2.15. The maximum Gasteiger partial charge on any atom is 0.142 e. The lowest BCUT2D eigenvalue weighted by atomic mass is 10.3. The molecule has 2 heterocycles. The highest BCUT2D eigenvalue weighted by atomic mass is 32.1. The molecule has 0 aromatic carbocycles. The van der Waals surface area contributed by atoms with Crippen LogP contribution in [0.4, 0.5) is 0 Å². The third-order valence-corrected chi connectivity index (χ3v) is 3.17. The Bertz CT molecular complexity index is 444. The Morgan fingerprint density at radius 3 is 3.06 bits per heavy atom. The summed E-state index contributed by atoms with van der Waals surface area (Å²) in [6, 6.07) is 5.82. The van der Waals surface area contributed by atoms with Crippen LogP contribution in [0.1, 0.15) is 12.1 Å². The lowest BCUT2D eigenvalue weighted by molar-refractivity contribution is 0.286. The van der Waals surface area contributed by atoms with Crippen LogP contribution in [0.25, 0.3) is 10.7 Å². The van der Waals surface area contributed by atoms with Gasteiger partial charge in [0, 0.05) is 24.7 Å². The normalized spacial score (nSPS) is 10.6. The molecule has 0 atom stereocenters. The van der Waals surface area contributed by atoms with Gasteiger partial charge in [-0.15, -0.1) is 11.3 Å². The molecule has 90 valence electrons. The quantitative estimate of drug-likeness (QED) is 0.765. The topological polar surface area (TPSA) is 58.0 Å². The summed E-state index contributed by atoms with van der Waals surface area (Å²) in [5.74, 6) is 0. The zero-order chi connectivity index (χ0) is 11.9. The van der Waals surface area contributed by atoms with Gasteiger partial charge in [-0.3, -0.25) is 4.98 Å². The fourth-order valence-corrected chi connectivity index (χ4v) is 2.21. The molecule has 0 radical (unpaired) electrons. The highest BCUT2D eigenvalue weighted by molar-refractivity contribution is 7.13. The van der Waals surface area contributed by atoms with E-state index in [1.54, 1.807) is 17.5 Å². The van der Waals surface area contributed by atoms with Crippen molar-refractivity contribution in [2.24, 2.45) is 0 Å². The molecule has 0 fully saturated rings. The summed E-state index contributed by atoms with van der Waals surface area (Å²) in [5.41, 5.74) is 1.94. The number of aliphatic hydroxyl groups excluding tert-OH is 1. The first-order valence-corrected chi connectivity index (χ1v) is 6.45. The summed E-state index contributed by atoms with van der Waals surface area (Å²) in [6.07, 6.45) is 2.55. The molecule has 2 rings (SSSR count). The van der Waals surface area contributed by atoms with Crippen LogP contribution in [-0.2, 0) is 6.54 Å². The Morgan fingerprint density at radius 1 is 1.35 bits per heavy atom. The number of hydrogen-bond donors (Lipinski definition) is 2. The monoisotopic (exact) mass is 249 g/mol. The van der Waals surface area contributed by atoms with E-state index in [2.05, 4.69) is 15.3 Å². The minimum absolute atomic E-state index is 0.225. The predicted molar refractivity (Wildman–Crippen MR) is 68.8 cm³/mol. The van der Waals surface area contributed by atoms with Crippen molar-refractivity contribution in [3.05, 3.63) is 35.5 Å². The Kier molecular flexibility index (Phi) is 4.61. The molecule has 2 aromatic heterocycles. The summed E-state index contributed by atoms with van der Waals surface area (Å²) in [4.78, 5) is 8.78. The van der Waals surface area contributed by atoms with Crippen molar-refractivity contribution in [3.8, 4) is 10.7 Å². The molecule has 0 aliphatic rings. The number of nitrogens with zero attached hydrogens (tertiary/aromatic N) is 2. The maximum atomic E-state index is 8.65. The second kappa shape index (κ2) is 6.44. The third-order valence-electron chi connectivity index (χ3n) is 2.25. The van der Waals surface area contributed by atoms with Gasteiger partial charge in [0.2, 0.25) is 0 Å². The molecule has 0 spiro atoms. The summed E-state index contributed by atoms with van der Waals surface area (Å²) < 4.78 is 0. The number of pyridine rings is 1. The van der Waals surface area contributed by atoms with Gasteiger partial charge in [-0.25, -0.2) is 4.98 Å². The summed E-state index contributed by atoms with van der Waals surface area (Å²) in [7, 11) is 0. The van der Waals surface area contributed by atoms with Gasteiger partial charge in [0.05, 0.1) is 11.4 Å².